The molecule has 3 nitrogen and oxygen atoms in total. The van der Waals surface area contributed by atoms with Crippen LogP contribution < -0.4 is 0 Å². The van der Waals surface area contributed by atoms with Crippen molar-refractivity contribution in [1.82, 2.24) is 4.98 Å². The summed E-state index contributed by atoms with van der Waals surface area (Å²) in [5.41, 5.74) is 1.96. The van der Waals surface area contributed by atoms with Crippen LogP contribution in [0.1, 0.15) is 43.7 Å². The van der Waals surface area contributed by atoms with Gasteiger partial charge in [0.2, 0.25) is 0 Å². The Bertz CT molecular complexity index is 659. The lowest BCUT2D eigenvalue weighted by Crippen LogP contribution is -2.20. The van der Waals surface area contributed by atoms with Gasteiger partial charge in [0, 0.05) is 15.3 Å². The van der Waals surface area contributed by atoms with Crippen LogP contribution in [0.4, 0.5) is 0 Å². The van der Waals surface area contributed by atoms with Gasteiger partial charge in [-0.05, 0) is 41.1 Å². The summed E-state index contributed by atoms with van der Waals surface area (Å²) in [7, 11) is 0. The van der Waals surface area contributed by atoms with Gasteiger partial charge in [0.1, 0.15) is 0 Å². The number of rotatable bonds is 3. The van der Waals surface area contributed by atoms with E-state index in [9.17, 15) is 4.79 Å². The Labute approximate surface area is 137 Å². The van der Waals surface area contributed by atoms with E-state index >= 15 is 0 Å². The van der Waals surface area contributed by atoms with Gasteiger partial charge in [-0.1, -0.05) is 20.8 Å². The molecule has 2 rings (SSSR count). The molecule has 0 radical (unpaired) electrons. The Kier molecular flexibility index (Phi) is 4.84. The Morgan fingerprint density at radius 2 is 2.10 bits per heavy atom. The molecule has 0 saturated heterocycles. The van der Waals surface area contributed by atoms with Gasteiger partial charge in [-0.25, -0.2) is 4.79 Å². The molecule has 0 aliphatic heterocycles. The van der Waals surface area contributed by atoms with Crippen molar-refractivity contribution < 1.29 is 9.53 Å². The highest BCUT2D eigenvalue weighted by atomic mass is 79.9. The topological polar surface area (TPSA) is 39.2 Å². The van der Waals surface area contributed by atoms with Gasteiger partial charge in [0.05, 0.1) is 28.4 Å². The molecule has 0 saturated carbocycles. The fourth-order valence-electron chi connectivity index (χ4n) is 1.99. The highest BCUT2D eigenvalue weighted by Gasteiger charge is 2.25. The molecule has 0 unspecified atom stereocenters. The summed E-state index contributed by atoms with van der Waals surface area (Å²) in [6.45, 7) is 8.31. The average molecular weight is 368 g/mol. The van der Waals surface area contributed by atoms with E-state index in [1.165, 1.54) is 0 Å². The van der Waals surface area contributed by atoms with Crippen molar-refractivity contribution in [3.63, 3.8) is 0 Å². The molecule has 0 aliphatic rings. The van der Waals surface area contributed by atoms with Crippen LogP contribution in [0.5, 0.6) is 0 Å². The van der Waals surface area contributed by atoms with Crippen LogP contribution in [0.3, 0.4) is 0 Å². The maximum Gasteiger partial charge on any atom is 0.340 e. The van der Waals surface area contributed by atoms with E-state index in [1.807, 2.05) is 44.4 Å². The Balaban J connectivity index is 2.52. The van der Waals surface area contributed by atoms with Gasteiger partial charge < -0.3 is 4.74 Å². The minimum Gasteiger partial charge on any atom is -0.462 e. The van der Waals surface area contributed by atoms with E-state index < -0.39 is 0 Å². The average Bonchev–Trinajstić information content (AvgIpc) is 2.84. The summed E-state index contributed by atoms with van der Waals surface area (Å²) >= 11 is 5.08. The van der Waals surface area contributed by atoms with Crippen LogP contribution in [0, 0.1) is 0 Å². The number of esters is 1. The lowest BCUT2D eigenvalue weighted by molar-refractivity contribution is 0.0523. The first kappa shape index (κ1) is 16.2. The van der Waals surface area contributed by atoms with Crippen LogP contribution >= 0.6 is 27.3 Å². The number of carbonyl (C=O) groups is 1. The molecular weight excluding hydrogens is 350 g/mol. The first-order valence-electron chi connectivity index (χ1n) is 6.76. The second kappa shape index (κ2) is 6.28. The van der Waals surface area contributed by atoms with Crippen molar-refractivity contribution in [3.8, 4) is 10.6 Å². The molecule has 0 aliphatic carbocycles. The molecule has 0 spiro atoms. The maximum absolute atomic E-state index is 12.1. The van der Waals surface area contributed by atoms with E-state index in [4.69, 9.17) is 9.72 Å². The number of halogens is 1. The third-order valence-corrected chi connectivity index (χ3v) is 4.63. The van der Waals surface area contributed by atoms with Gasteiger partial charge in [0.15, 0.2) is 0 Å². The van der Waals surface area contributed by atoms with Crippen molar-refractivity contribution in [2.75, 3.05) is 6.61 Å². The molecule has 0 bridgehead atoms. The lowest BCUT2D eigenvalue weighted by atomic mass is 9.88. The summed E-state index contributed by atoms with van der Waals surface area (Å²) in [4.78, 5) is 17.9. The molecule has 2 heterocycles. The molecule has 0 atom stereocenters. The SMILES string of the molecule is CCOC(=O)c1ccc(-c2cc(Br)cs2)nc1C(C)(C)C. The second-order valence-electron chi connectivity index (χ2n) is 5.69. The van der Waals surface area contributed by atoms with Crippen molar-refractivity contribution in [2.45, 2.75) is 33.1 Å². The van der Waals surface area contributed by atoms with Gasteiger partial charge in [-0.2, -0.15) is 0 Å². The zero-order chi connectivity index (χ0) is 15.6. The number of pyridine rings is 1. The van der Waals surface area contributed by atoms with Gasteiger partial charge in [0.25, 0.3) is 0 Å². The van der Waals surface area contributed by atoms with Gasteiger partial charge in [-0.3, -0.25) is 4.98 Å². The van der Waals surface area contributed by atoms with E-state index in [2.05, 4.69) is 15.9 Å². The van der Waals surface area contributed by atoms with Crippen molar-refractivity contribution in [3.05, 3.63) is 39.3 Å². The summed E-state index contributed by atoms with van der Waals surface area (Å²) in [5.74, 6) is -0.311. The smallest absolute Gasteiger partial charge is 0.340 e. The number of ether oxygens (including phenoxy) is 1. The number of hydrogen-bond acceptors (Lipinski definition) is 4. The third kappa shape index (κ3) is 3.71. The van der Waals surface area contributed by atoms with Crippen molar-refractivity contribution in [2.24, 2.45) is 0 Å². The minimum absolute atomic E-state index is 0.230. The molecule has 5 heteroatoms. The highest BCUT2D eigenvalue weighted by Crippen LogP contribution is 2.32. The molecular formula is C16H18BrNO2S. The van der Waals surface area contributed by atoms with Crippen molar-refractivity contribution in [1.29, 1.82) is 0 Å². The molecule has 112 valence electrons. The molecule has 0 aromatic carbocycles. The van der Waals surface area contributed by atoms with E-state index in [0.29, 0.717) is 12.2 Å². The number of nitrogens with zero attached hydrogens (tertiary/aromatic N) is 1. The van der Waals surface area contributed by atoms with Gasteiger partial charge >= 0.3 is 5.97 Å². The van der Waals surface area contributed by atoms with E-state index in [0.717, 1.165) is 20.7 Å². The highest BCUT2D eigenvalue weighted by molar-refractivity contribution is 9.10. The lowest BCUT2D eigenvalue weighted by Gasteiger charge is -2.21. The third-order valence-electron chi connectivity index (χ3n) is 2.92. The molecule has 21 heavy (non-hydrogen) atoms. The summed E-state index contributed by atoms with van der Waals surface area (Å²) in [5, 5.41) is 2.02. The zero-order valence-corrected chi connectivity index (χ0v) is 15.0. The summed E-state index contributed by atoms with van der Waals surface area (Å²) in [6, 6.07) is 5.72. The van der Waals surface area contributed by atoms with Crippen LogP contribution in [-0.4, -0.2) is 17.6 Å². The number of thiophene rings is 1. The summed E-state index contributed by atoms with van der Waals surface area (Å²) < 4.78 is 6.17. The predicted molar refractivity (Wildman–Crippen MR) is 89.9 cm³/mol. The molecule has 0 fully saturated rings. The van der Waals surface area contributed by atoms with Crippen LogP contribution in [-0.2, 0) is 10.2 Å². The first-order chi connectivity index (χ1) is 9.82. The van der Waals surface area contributed by atoms with Crippen molar-refractivity contribution >= 4 is 33.2 Å². The molecule has 0 amide bonds. The number of aromatic nitrogens is 1. The van der Waals surface area contributed by atoms with Crippen LogP contribution in [0.2, 0.25) is 0 Å². The van der Waals surface area contributed by atoms with Gasteiger partial charge in [-0.15, -0.1) is 11.3 Å². The van der Waals surface area contributed by atoms with Crippen LogP contribution in [0.25, 0.3) is 10.6 Å². The zero-order valence-electron chi connectivity index (χ0n) is 12.6. The first-order valence-corrected chi connectivity index (χ1v) is 8.43. The fraction of sp³-hybridized carbons (Fsp3) is 0.375. The number of carbonyl (C=O) groups excluding carboxylic acids is 1. The minimum atomic E-state index is -0.311. The Morgan fingerprint density at radius 1 is 1.38 bits per heavy atom. The fourth-order valence-corrected chi connectivity index (χ4v) is 3.39. The Morgan fingerprint density at radius 3 is 2.62 bits per heavy atom. The molecule has 2 aromatic heterocycles. The van der Waals surface area contributed by atoms with E-state index in [-0.39, 0.29) is 11.4 Å². The van der Waals surface area contributed by atoms with Crippen LogP contribution in [0.15, 0.2) is 28.1 Å². The maximum atomic E-state index is 12.1. The monoisotopic (exact) mass is 367 g/mol. The molecule has 0 N–H and O–H groups in total. The largest absolute Gasteiger partial charge is 0.462 e. The Hall–Kier alpha value is -1.20. The van der Waals surface area contributed by atoms with E-state index in [1.54, 1.807) is 18.3 Å². The normalized spacial score (nSPS) is 11.5. The number of hydrogen-bond donors (Lipinski definition) is 0. The quantitative estimate of drug-likeness (QED) is 0.712. The predicted octanol–water partition coefficient (Wildman–Crippen LogP) is 5.05. The second-order valence-corrected chi connectivity index (χ2v) is 7.52. The molecule has 2 aromatic rings. The summed E-state index contributed by atoms with van der Waals surface area (Å²) in [6.07, 6.45) is 0. The standard InChI is InChI=1S/C16H18BrNO2S/c1-5-20-15(19)11-6-7-12(13-8-10(17)9-21-13)18-14(11)16(2,3)4/h6-9H,5H2,1-4H3.